The topological polar surface area (TPSA) is 69.2 Å². The van der Waals surface area contributed by atoms with E-state index in [2.05, 4.69) is 15.9 Å². The van der Waals surface area contributed by atoms with Gasteiger partial charge >= 0.3 is 0 Å². The fourth-order valence-electron chi connectivity index (χ4n) is 1.48. The molecule has 0 aliphatic carbocycles. The monoisotopic (exact) mass is 292 g/mol. The zero-order valence-corrected chi connectivity index (χ0v) is 10.3. The van der Waals surface area contributed by atoms with Crippen LogP contribution in [-0.2, 0) is 0 Å². The SMILES string of the molecule is Nc1ccc(-c2ccc([N+](=O)[O-])cc2)cc1Br. The maximum Gasteiger partial charge on any atom is 0.269 e. The Balaban J connectivity index is 2.39. The van der Waals surface area contributed by atoms with E-state index in [4.69, 9.17) is 5.73 Å². The molecule has 86 valence electrons. The van der Waals surface area contributed by atoms with Gasteiger partial charge in [-0.25, -0.2) is 0 Å². The first-order valence-electron chi connectivity index (χ1n) is 4.88. The average molecular weight is 293 g/mol. The highest BCUT2D eigenvalue weighted by molar-refractivity contribution is 9.10. The van der Waals surface area contributed by atoms with Gasteiger partial charge in [0.2, 0.25) is 0 Å². The molecule has 0 atom stereocenters. The minimum atomic E-state index is -0.414. The molecule has 2 aromatic carbocycles. The highest BCUT2D eigenvalue weighted by Gasteiger charge is 2.06. The molecule has 0 aromatic heterocycles. The van der Waals surface area contributed by atoms with E-state index in [-0.39, 0.29) is 5.69 Å². The van der Waals surface area contributed by atoms with E-state index in [0.29, 0.717) is 5.69 Å². The Kier molecular flexibility index (Phi) is 3.10. The molecule has 0 fully saturated rings. The van der Waals surface area contributed by atoms with Crippen LogP contribution in [-0.4, -0.2) is 4.92 Å². The van der Waals surface area contributed by atoms with Crippen molar-refractivity contribution in [1.29, 1.82) is 0 Å². The van der Waals surface area contributed by atoms with Crippen molar-refractivity contribution in [3.63, 3.8) is 0 Å². The summed E-state index contributed by atoms with van der Waals surface area (Å²) >= 11 is 3.35. The molecule has 0 saturated heterocycles. The van der Waals surface area contributed by atoms with Crippen molar-refractivity contribution in [3.8, 4) is 11.1 Å². The number of anilines is 1. The van der Waals surface area contributed by atoms with Crippen molar-refractivity contribution >= 4 is 27.3 Å². The molecule has 2 rings (SSSR count). The molecule has 5 heteroatoms. The number of benzene rings is 2. The lowest BCUT2D eigenvalue weighted by Crippen LogP contribution is -1.88. The number of non-ortho nitro benzene ring substituents is 1. The molecular formula is C12H9BrN2O2. The smallest absolute Gasteiger partial charge is 0.269 e. The quantitative estimate of drug-likeness (QED) is 0.522. The second-order valence-corrected chi connectivity index (χ2v) is 4.39. The zero-order chi connectivity index (χ0) is 12.4. The second kappa shape index (κ2) is 4.55. The van der Waals surface area contributed by atoms with E-state index in [1.807, 2.05) is 12.1 Å². The number of nitro benzene ring substituents is 1. The van der Waals surface area contributed by atoms with E-state index in [1.165, 1.54) is 12.1 Å². The van der Waals surface area contributed by atoms with Gasteiger partial charge in [-0.1, -0.05) is 6.07 Å². The lowest BCUT2D eigenvalue weighted by atomic mass is 10.1. The Morgan fingerprint density at radius 2 is 1.65 bits per heavy atom. The summed E-state index contributed by atoms with van der Waals surface area (Å²) in [7, 11) is 0. The van der Waals surface area contributed by atoms with Gasteiger partial charge in [-0.15, -0.1) is 0 Å². The lowest BCUT2D eigenvalue weighted by molar-refractivity contribution is -0.384. The first-order chi connectivity index (χ1) is 8.08. The molecular weight excluding hydrogens is 284 g/mol. The number of nitrogens with two attached hydrogens (primary N) is 1. The number of hydrogen-bond acceptors (Lipinski definition) is 3. The van der Waals surface area contributed by atoms with Crippen LogP contribution >= 0.6 is 15.9 Å². The second-order valence-electron chi connectivity index (χ2n) is 3.54. The van der Waals surface area contributed by atoms with Crippen LogP contribution in [0.4, 0.5) is 11.4 Å². The van der Waals surface area contributed by atoms with Crippen LogP contribution in [0.3, 0.4) is 0 Å². The van der Waals surface area contributed by atoms with Gasteiger partial charge in [0, 0.05) is 22.3 Å². The zero-order valence-electron chi connectivity index (χ0n) is 8.76. The summed E-state index contributed by atoms with van der Waals surface area (Å²) in [5, 5.41) is 10.5. The van der Waals surface area contributed by atoms with Crippen LogP contribution < -0.4 is 5.73 Å². The third-order valence-electron chi connectivity index (χ3n) is 2.41. The Morgan fingerprint density at radius 1 is 1.06 bits per heavy atom. The van der Waals surface area contributed by atoms with Gasteiger partial charge in [-0.3, -0.25) is 10.1 Å². The van der Waals surface area contributed by atoms with Crippen LogP contribution in [0.2, 0.25) is 0 Å². The van der Waals surface area contributed by atoms with Crippen LogP contribution in [0.15, 0.2) is 46.9 Å². The molecule has 2 N–H and O–H groups in total. The number of rotatable bonds is 2. The number of nitrogen functional groups attached to an aromatic ring is 1. The summed E-state index contributed by atoms with van der Waals surface area (Å²) in [5.74, 6) is 0. The Hall–Kier alpha value is -1.88. The van der Waals surface area contributed by atoms with Crippen molar-refractivity contribution in [2.75, 3.05) is 5.73 Å². The summed E-state index contributed by atoms with van der Waals surface area (Å²) in [6.45, 7) is 0. The van der Waals surface area contributed by atoms with Crippen molar-refractivity contribution < 1.29 is 4.92 Å². The summed E-state index contributed by atoms with van der Waals surface area (Å²) in [4.78, 5) is 10.1. The molecule has 0 heterocycles. The normalized spacial score (nSPS) is 10.2. The van der Waals surface area contributed by atoms with E-state index < -0.39 is 4.92 Å². The molecule has 0 spiro atoms. The standard InChI is InChI=1S/C12H9BrN2O2/c13-11-7-9(3-6-12(11)14)8-1-4-10(5-2-8)15(16)17/h1-7H,14H2. The van der Waals surface area contributed by atoms with E-state index in [0.717, 1.165) is 15.6 Å². The van der Waals surface area contributed by atoms with Gasteiger partial charge in [-0.05, 0) is 51.3 Å². The molecule has 2 aromatic rings. The minimum absolute atomic E-state index is 0.0864. The maximum atomic E-state index is 10.5. The van der Waals surface area contributed by atoms with Crippen LogP contribution in [0, 0.1) is 10.1 Å². The molecule has 0 radical (unpaired) electrons. The Morgan fingerprint density at radius 3 is 2.18 bits per heavy atom. The number of nitrogens with zero attached hydrogens (tertiary/aromatic N) is 1. The van der Waals surface area contributed by atoms with E-state index in [9.17, 15) is 10.1 Å². The summed E-state index contributed by atoms with van der Waals surface area (Å²) < 4.78 is 0.813. The number of nitro groups is 1. The summed E-state index contributed by atoms with van der Waals surface area (Å²) in [5.41, 5.74) is 8.32. The van der Waals surface area contributed by atoms with E-state index in [1.54, 1.807) is 18.2 Å². The fraction of sp³-hybridized carbons (Fsp3) is 0. The largest absolute Gasteiger partial charge is 0.398 e. The van der Waals surface area contributed by atoms with Crippen LogP contribution in [0.5, 0.6) is 0 Å². The minimum Gasteiger partial charge on any atom is -0.398 e. The molecule has 0 unspecified atom stereocenters. The molecule has 0 aliphatic heterocycles. The van der Waals surface area contributed by atoms with Crippen molar-refractivity contribution in [2.24, 2.45) is 0 Å². The predicted octanol–water partition coefficient (Wildman–Crippen LogP) is 3.61. The number of halogens is 1. The first-order valence-corrected chi connectivity index (χ1v) is 5.67. The Labute approximate surface area is 106 Å². The van der Waals surface area contributed by atoms with Crippen LogP contribution in [0.1, 0.15) is 0 Å². The van der Waals surface area contributed by atoms with Gasteiger partial charge in [0.05, 0.1) is 4.92 Å². The molecule has 0 saturated carbocycles. The molecule has 0 aliphatic rings. The average Bonchev–Trinajstić information content (AvgIpc) is 2.33. The number of hydrogen-bond donors (Lipinski definition) is 1. The Bertz CT molecular complexity index is 567. The predicted molar refractivity (Wildman–Crippen MR) is 70.6 cm³/mol. The third kappa shape index (κ3) is 2.45. The first kappa shape index (κ1) is 11.6. The molecule has 17 heavy (non-hydrogen) atoms. The van der Waals surface area contributed by atoms with E-state index >= 15 is 0 Å². The van der Waals surface area contributed by atoms with Crippen LogP contribution in [0.25, 0.3) is 11.1 Å². The lowest BCUT2D eigenvalue weighted by Gasteiger charge is -2.04. The maximum absolute atomic E-state index is 10.5. The van der Waals surface area contributed by atoms with Crippen molar-refractivity contribution in [3.05, 3.63) is 57.1 Å². The fourth-order valence-corrected chi connectivity index (χ4v) is 1.86. The van der Waals surface area contributed by atoms with Crippen molar-refractivity contribution in [2.45, 2.75) is 0 Å². The van der Waals surface area contributed by atoms with Gasteiger partial charge in [0.25, 0.3) is 5.69 Å². The van der Waals surface area contributed by atoms with Gasteiger partial charge < -0.3 is 5.73 Å². The van der Waals surface area contributed by atoms with Gasteiger partial charge in [0.1, 0.15) is 0 Å². The van der Waals surface area contributed by atoms with Crippen molar-refractivity contribution in [1.82, 2.24) is 0 Å². The summed E-state index contributed by atoms with van der Waals surface area (Å²) in [6, 6.07) is 12.0. The third-order valence-corrected chi connectivity index (χ3v) is 3.10. The van der Waals surface area contributed by atoms with Gasteiger partial charge in [0.15, 0.2) is 0 Å². The summed E-state index contributed by atoms with van der Waals surface area (Å²) in [6.07, 6.45) is 0. The highest BCUT2D eigenvalue weighted by atomic mass is 79.9. The molecule has 0 amide bonds. The van der Waals surface area contributed by atoms with Gasteiger partial charge in [-0.2, -0.15) is 0 Å². The molecule has 0 bridgehead atoms. The molecule has 4 nitrogen and oxygen atoms in total. The highest BCUT2D eigenvalue weighted by Crippen LogP contribution is 2.28.